The molecule has 0 spiro atoms. The zero-order valence-corrected chi connectivity index (χ0v) is 15.5. The molecule has 148 valence electrons. The quantitative estimate of drug-likeness (QED) is 0.504. The molecule has 0 aliphatic heterocycles. The summed E-state index contributed by atoms with van der Waals surface area (Å²) in [6, 6.07) is 15.0. The summed E-state index contributed by atoms with van der Waals surface area (Å²) in [5.41, 5.74) is 4.85. The first-order valence-electron chi connectivity index (χ1n) is 8.74. The maximum atomic E-state index is 11.7. The predicted molar refractivity (Wildman–Crippen MR) is 101 cm³/mol. The van der Waals surface area contributed by atoms with Crippen molar-refractivity contribution >= 4 is 17.8 Å². The van der Waals surface area contributed by atoms with Crippen molar-refractivity contribution in [1.82, 2.24) is 10.9 Å². The van der Waals surface area contributed by atoms with Crippen LogP contribution in [0.1, 0.15) is 23.7 Å². The van der Waals surface area contributed by atoms with Crippen LogP contribution in [0.4, 0.5) is 0 Å². The molecule has 0 fully saturated rings. The van der Waals surface area contributed by atoms with Gasteiger partial charge in [0.25, 0.3) is 11.8 Å². The minimum Gasteiger partial charge on any atom is -0.484 e. The Bertz CT molecular complexity index is 777. The first-order valence-corrected chi connectivity index (χ1v) is 8.74. The number of carbonyl (C=O) groups is 3. The van der Waals surface area contributed by atoms with Gasteiger partial charge in [0.1, 0.15) is 11.5 Å². The topological polar surface area (TPSA) is 103 Å². The molecule has 2 amide bonds. The van der Waals surface area contributed by atoms with Gasteiger partial charge in [0, 0.05) is 0 Å². The van der Waals surface area contributed by atoms with Crippen molar-refractivity contribution in [3.05, 3.63) is 60.2 Å². The number of benzene rings is 2. The molecule has 0 radical (unpaired) electrons. The number of hydrogen-bond donors (Lipinski definition) is 2. The number of hydrogen-bond acceptors (Lipinski definition) is 6. The molecule has 0 saturated carbocycles. The van der Waals surface area contributed by atoms with E-state index < -0.39 is 17.8 Å². The first kappa shape index (κ1) is 20.8. The zero-order valence-electron chi connectivity index (χ0n) is 15.5. The van der Waals surface area contributed by atoms with E-state index in [1.807, 2.05) is 13.0 Å². The highest BCUT2D eigenvalue weighted by atomic mass is 16.5. The summed E-state index contributed by atoms with van der Waals surface area (Å²) in [6.45, 7) is 1.73. The molecule has 0 saturated heterocycles. The normalized spacial score (nSPS) is 9.89. The van der Waals surface area contributed by atoms with Crippen LogP contribution in [0, 0.1) is 0 Å². The van der Waals surface area contributed by atoms with Crippen LogP contribution in [-0.2, 0) is 14.3 Å². The standard InChI is InChI=1S/C20H22N2O6/c1-2-12-26-20(25)15-8-10-17(11-9-15)28-14-19(24)22-21-18(23)13-27-16-6-4-3-5-7-16/h3-11H,2,12-14H2,1H3,(H,21,23)(H,22,24). The second kappa shape index (κ2) is 11.2. The molecular weight excluding hydrogens is 364 g/mol. The van der Waals surface area contributed by atoms with Gasteiger partial charge in [-0.05, 0) is 42.8 Å². The van der Waals surface area contributed by atoms with Crippen LogP contribution in [0.15, 0.2) is 54.6 Å². The molecule has 8 heteroatoms. The Kier molecular flexibility index (Phi) is 8.32. The van der Waals surface area contributed by atoms with E-state index in [0.717, 1.165) is 6.42 Å². The highest BCUT2D eigenvalue weighted by molar-refractivity contribution is 5.89. The van der Waals surface area contributed by atoms with Gasteiger partial charge in [0.15, 0.2) is 13.2 Å². The third kappa shape index (κ3) is 7.36. The van der Waals surface area contributed by atoms with Gasteiger partial charge >= 0.3 is 5.97 Å². The van der Waals surface area contributed by atoms with Gasteiger partial charge in [0.2, 0.25) is 0 Å². The maximum absolute atomic E-state index is 11.7. The van der Waals surface area contributed by atoms with Crippen LogP contribution >= 0.6 is 0 Å². The Labute approximate surface area is 162 Å². The average Bonchev–Trinajstić information content (AvgIpc) is 2.74. The van der Waals surface area contributed by atoms with E-state index in [1.54, 1.807) is 48.5 Å². The highest BCUT2D eigenvalue weighted by Gasteiger charge is 2.09. The van der Waals surface area contributed by atoms with Crippen LogP contribution in [0.2, 0.25) is 0 Å². The molecular formula is C20H22N2O6. The zero-order chi connectivity index (χ0) is 20.2. The minimum absolute atomic E-state index is 0.235. The molecule has 28 heavy (non-hydrogen) atoms. The number of esters is 1. The molecule has 0 heterocycles. The molecule has 2 aromatic carbocycles. The van der Waals surface area contributed by atoms with Crippen LogP contribution in [0.5, 0.6) is 11.5 Å². The van der Waals surface area contributed by atoms with Crippen LogP contribution in [0.3, 0.4) is 0 Å². The van der Waals surface area contributed by atoms with E-state index in [1.165, 1.54) is 0 Å². The molecule has 2 rings (SSSR count). The smallest absolute Gasteiger partial charge is 0.338 e. The van der Waals surface area contributed by atoms with Crippen molar-refractivity contribution in [2.24, 2.45) is 0 Å². The molecule has 2 aromatic rings. The Morgan fingerprint density at radius 3 is 1.86 bits per heavy atom. The summed E-state index contributed by atoms with van der Waals surface area (Å²) in [5, 5.41) is 0. The third-order valence-electron chi connectivity index (χ3n) is 3.35. The van der Waals surface area contributed by atoms with Gasteiger partial charge in [0.05, 0.1) is 12.2 Å². The Hall–Kier alpha value is -3.55. The molecule has 0 atom stereocenters. The number of amides is 2. The lowest BCUT2D eigenvalue weighted by Gasteiger charge is -2.10. The summed E-state index contributed by atoms with van der Waals surface area (Å²) in [7, 11) is 0. The second-order valence-corrected chi connectivity index (χ2v) is 5.65. The number of hydrazine groups is 1. The van der Waals surface area contributed by atoms with E-state index in [0.29, 0.717) is 23.7 Å². The SMILES string of the molecule is CCCOC(=O)c1ccc(OCC(=O)NNC(=O)COc2ccccc2)cc1. The second-order valence-electron chi connectivity index (χ2n) is 5.65. The lowest BCUT2D eigenvalue weighted by Crippen LogP contribution is -2.45. The van der Waals surface area contributed by atoms with Gasteiger partial charge < -0.3 is 14.2 Å². The molecule has 0 aromatic heterocycles. The van der Waals surface area contributed by atoms with Gasteiger partial charge in [-0.15, -0.1) is 0 Å². The number of rotatable bonds is 9. The fourth-order valence-electron chi connectivity index (χ4n) is 1.99. The number of para-hydroxylation sites is 1. The lowest BCUT2D eigenvalue weighted by atomic mass is 10.2. The fourth-order valence-corrected chi connectivity index (χ4v) is 1.99. The monoisotopic (exact) mass is 386 g/mol. The fraction of sp³-hybridized carbons (Fsp3) is 0.250. The molecule has 0 bridgehead atoms. The van der Waals surface area contributed by atoms with Crippen LogP contribution in [-0.4, -0.2) is 37.6 Å². The van der Waals surface area contributed by atoms with Crippen molar-refractivity contribution in [2.45, 2.75) is 13.3 Å². The molecule has 0 unspecified atom stereocenters. The summed E-state index contributed by atoms with van der Waals surface area (Å²) in [6.07, 6.45) is 0.747. The minimum atomic E-state index is -0.542. The maximum Gasteiger partial charge on any atom is 0.338 e. The Balaban J connectivity index is 1.66. The van der Waals surface area contributed by atoms with E-state index in [4.69, 9.17) is 14.2 Å². The number of carbonyl (C=O) groups excluding carboxylic acids is 3. The van der Waals surface area contributed by atoms with Crippen molar-refractivity contribution < 1.29 is 28.6 Å². The lowest BCUT2D eigenvalue weighted by molar-refractivity contribution is -0.131. The van der Waals surface area contributed by atoms with Gasteiger partial charge in [-0.3, -0.25) is 20.4 Å². The summed E-state index contributed by atoms with van der Waals surface area (Å²) in [5.74, 6) is -0.506. The van der Waals surface area contributed by atoms with Crippen molar-refractivity contribution in [3.8, 4) is 11.5 Å². The molecule has 8 nitrogen and oxygen atoms in total. The molecule has 0 aliphatic rings. The van der Waals surface area contributed by atoms with Crippen LogP contribution in [0.25, 0.3) is 0 Å². The van der Waals surface area contributed by atoms with E-state index in [-0.39, 0.29) is 13.2 Å². The number of ether oxygens (including phenoxy) is 3. The third-order valence-corrected chi connectivity index (χ3v) is 3.35. The van der Waals surface area contributed by atoms with Gasteiger partial charge in [-0.2, -0.15) is 0 Å². The highest BCUT2D eigenvalue weighted by Crippen LogP contribution is 2.13. The van der Waals surface area contributed by atoms with E-state index in [2.05, 4.69) is 10.9 Å². The van der Waals surface area contributed by atoms with E-state index >= 15 is 0 Å². The molecule has 2 N–H and O–H groups in total. The largest absolute Gasteiger partial charge is 0.484 e. The predicted octanol–water partition coefficient (Wildman–Crippen LogP) is 1.86. The Morgan fingerprint density at radius 2 is 1.32 bits per heavy atom. The van der Waals surface area contributed by atoms with Crippen molar-refractivity contribution in [1.29, 1.82) is 0 Å². The van der Waals surface area contributed by atoms with Crippen molar-refractivity contribution in [2.75, 3.05) is 19.8 Å². The van der Waals surface area contributed by atoms with Gasteiger partial charge in [-0.25, -0.2) is 4.79 Å². The molecule has 0 aliphatic carbocycles. The van der Waals surface area contributed by atoms with E-state index in [9.17, 15) is 14.4 Å². The summed E-state index contributed by atoms with van der Waals surface area (Å²) in [4.78, 5) is 35.1. The average molecular weight is 386 g/mol. The first-order chi connectivity index (χ1) is 13.6. The van der Waals surface area contributed by atoms with Crippen molar-refractivity contribution in [3.63, 3.8) is 0 Å². The summed E-state index contributed by atoms with van der Waals surface area (Å²) >= 11 is 0. The number of nitrogens with one attached hydrogen (secondary N) is 2. The Morgan fingerprint density at radius 1 is 0.786 bits per heavy atom. The van der Waals surface area contributed by atoms with Crippen LogP contribution < -0.4 is 20.3 Å². The van der Waals surface area contributed by atoms with Gasteiger partial charge in [-0.1, -0.05) is 25.1 Å². The summed E-state index contributed by atoms with van der Waals surface area (Å²) < 4.78 is 15.6.